The summed E-state index contributed by atoms with van der Waals surface area (Å²) >= 11 is 6.71. The van der Waals surface area contributed by atoms with Crippen LogP contribution in [0.2, 0.25) is 5.02 Å². The van der Waals surface area contributed by atoms with Crippen molar-refractivity contribution in [2.45, 2.75) is 31.6 Å². The Labute approximate surface area is 208 Å². The molecule has 3 aromatic rings. The molecule has 1 aromatic heterocycles. The zero-order chi connectivity index (χ0) is 24.7. The van der Waals surface area contributed by atoms with Gasteiger partial charge in [0.15, 0.2) is 0 Å². The number of rotatable bonds is 4. The molecule has 0 unspecified atom stereocenters. The summed E-state index contributed by atoms with van der Waals surface area (Å²) in [5.41, 5.74) is 0.612. The van der Waals surface area contributed by atoms with Crippen LogP contribution in [0.5, 0.6) is 0 Å². The third kappa shape index (κ3) is 4.82. The van der Waals surface area contributed by atoms with Crippen LogP contribution in [0.3, 0.4) is 0 Å². The Morgan fingerprint density at radius 1 is 1.14 bits per heavy atom. The molecule has 3 heterocycles. The number of alkyl halides is 3. The van der Waals surface area contributed by atoms with E-state index in [1.165, 1.54) is 21.7 Å². The zero-order valence-corrected chi connectivity index (χ0v) is 19.9. The molecule has 0 radical (unpaired) electrons. The lowest BCUT2D eigenvalue weighted by Gasteiger charge is -2.29. The summed E-state index contributed by atoms with van der Waals surface area (Å²) in [7, 11) is 0. The number of carbonyl (C=O) groups is 2. The lowest BCUT2D eigenvalue weighted by Crippen LogP contribution is -2.45. The van der Waals surface area contributed by atoms with Crippen LogP contribution in [0, 0.1) is 0 Å². The summed E-state index contributed by atoms with van der Waals surface area (Å²) in [6.07, 6.45) is 0.175. The number of halogens is 4. The number of aromatic nitrogens is 2. The number of hydrogen-bond donors (Lipinski definition) is 1. The highest BCUT2D eigenvalue weighted by atomic mass is 35.5. The van der Waals surface area contributed by atoms with Crippen LogP contribution in [0.15, 0.2) is 47.5 Å². The van der Waals surface area contributed by atoms with Gasteiger partial charge in [-0.05, 0) is 79.2 Å². The Bertz CT molecular complexity index is 1350. The van der Waals surface area contributed by atoms with Gasteiger partial charge in [0.1, 0.15) is 0 Å². The van der Waals surface area contributed by atoms with Crippen LogP contribution in [-0.4, -0.2) is 45.0 Å². The fraction of sp³-hybridized carbons (Fsp3) is 0.292. The second kappa shape index (κ2) is 9.33. The standard InChI is InChI=1S/C24H20ClF3N4O2S/c25-17-3-2-15(19(11-17)24(26,27)28)13-31-20-4-1-14(9-16(20)12-30-31)10-21-22(33)32(23(34)35-21)18-5-7-29-8-6-18/h1-4,9-12,18,29H,5-8,13H2/b21-10-. The first-order chi connectivity index (χ1) is 16.7. The topological polar surface area (TPSA) is 67.2 Å². The second-order valence-electron chi connectivity index (χ2n) is 8.45. The lowest BCUT2D eigenvalue weighted by atomic mass is 10.1. The van der Waals surface area contributed by atoms with Crippen molar-refractivity contribution in [3.63, 3.8) is 0 Å². The van der Waals surface area contributed by atoms with Crippen molar-refractivity contribution in [2.24, 2.45) is 0 Å². The van der Waals surface area contributed by atoms with Gasteiger partial charge in [0, 0.05) is 16.5 Å². The van der Waals surface area contributed by atoms with Crippen molar-refractivity contribution in [1.29, 1.82) is 0 Å². The van der Waals surface area contributed by atoms with Crippen LogP contribution in [0.25, 0.3) is 17.0 Å². The van der Waals surface area contributed by atoms with Gasteiger partial charge in [-0.2, -0.15) is 18.3 Å². The van der Waals surface area contributed by atoms with E-state index in [4.69, 9.17) is 11.6 Å². The minimum Gasteiger partial charge on any atom is -0.317 e. The Kier molecular flexibility index (Phi) is 6.37. The average Bonchev–Trinajstić information content (AvgIpc) is 3.34. The van der Waals surface area contributed by atoms with Gasteiger partial charge in [-0.25, -0.2) is 0 Å². The van der Waals surface area contributed by atoms with E-state index in [-0.39, 0.29) is 34.3 Å². The van der Waals surface area contributed by atoms with Gasteiger partial charge in [-0.1, -0.05) is 23.7 Å². The van der Waals surface area contributed by atoms with Gasteiger partial charge in [0.05, 0.1) is 28.7 Å². The van der Waals surface area contributed by atoms with Crippen molar-refractivity contribution in [1.82, 2.24) is 20.0 Å². The number of thioether (sulfide) groups is 1. The summed E-state index contributed by atoms with van der Waals surface area (Å²) in [6, 6.07) is 8.89. The van der Waals surface area contributed by atoms with Gasteiger partial charge >= 0.3 is 6.18 Å². The predicted molar refractivity (Wildman–Crippen MR) is 129 cm³/mol. The van der Waals surface area contributed by atoms with E-state index in [1.807, 2.05) is 0 Å². The van der Waals surface area contributed by atoms with Crippen molar-refractivity contribution in [3.8, 4) is 0 Å². The van der Waals surface area contributed by atoms with Crippen LogP contribution < -0.4 is 5.32 Å². The number of imide groups is 1. The largest absolute Gasteiger partial charge is 0.416 e. The number of benzene rings is 2. The Balaban J connectivity index is 1.40. The molecule has 2 fully saturated rings. The van der Waals surface area contributed by atoms with Gasteiger partial charge in [0.2, 0.25) is 0 Å². The van der Waals surface area contributed by atoms with Crippen molar-refractivity contribution in [2.75, 3.05) is 13.1 Å². The number of hydrogen-bond acceptors (Lipinski definition) is 5. The molecule has 11 heteroatoms. The molecule has 0 saturated carbocycles. The van der Waals surface area contributed by atoms with Gasteiger partial charge in [-0.15, -0.1) is 0 Å². The highest BCUT2D eigenvalue weighted by Gasteiger charge is 2.40. The maximum absolute atomic E-state index is 13.5. The molecule has 6 nitrogen and oxygen atoms in total. The summed E-state index contributed by atoms with van der Waals surface area (Å²) in [4.78, 5) is 27.1. The molecule has 5 rings (SSSR count). The maximum atomic E-state index is 13.5. The molecule has 2 amide bonds. The summed E-state index contributed by atoms with van der Waals surface area (Å²) < 4.78 is 41.9. The molecule has 0 aliphatic carbocycles. The van der Waals surface area contributed by atoms with Crippen LogP contribution in [-0.2, 0) is 17.5 Å². The molecule has 0 bridgehead atoms. The summed E-state index contributed by atoms with van der Waals surface area (Å²) in [5, 5.41) is 7.95. The molecule has 0 spiro atoms. The summed E-state index contributed by atoms with van der Waals surface area (Å²) in [6.45, 7) is 1.46. The van der Waals surface area contributed by atoms with Crippen LogP contribution >= 0.6 is 23.4 Å². The number of nitrogens with zero attached hydrogens (tertiary/aromatic N) is 3. The van der Waals surface area contributed by atoms with Gasteiger partial charge in [-0.3, -0.25) is 19.2 Å². The van der Waals surface area contributed by atoms with Gasteiger partial charge in [0.25, 0.3) is 11.1 Å². The van der Waals surface area contributed by atoms with Crippen molar-refractivity contribution < 1.29 is 22.8 Å². The molecular formula is C24H20ClF3N4O2S. The maximum Gasteiger partial charge on any atom is 0.416 e. The van der Waals surface area contributed by atoms with E-state index in [1.54, 1.807) is 30.5 Å². The number of fused-ring (bicyclic) bond motifs is 1. The predicted octanol–water partition coefficient (Wildman–Crippen LogP) is 5.55. The number of piperidine rings is 1. The highest BCUT2D eigenvalue weighted by molar-refractivity contribution is 8.18. The molecule has 182 valence electrons. The fourth-order valence-electron chi connectivity index (χ4n) is 4.44. The SMILES string of the molecule is O=C1S/C(=C\c2ccc3c(cnn3Cc3ccc(Cl)cc3C(F)(F)F)c2)C(=O)N1C1CCNCC1. The molecule has 2 aliphatic rings. The lowest BCUT2D eigenvalue weighted by molar-refractivity contribution is -0.138. The second-order valence-corrected chi connectivity index (χ2v) is 9.88. The normalized spacial score (nSPS) is 18.9. The van der Waals surface area contributed by atoms with E-state index in [0.717, 1.165) is 43.8 Å². The molecular weight excluding hydrogens is 501 g/mol. The molecule has 1 N–H and O–H groups in total. The molecule has 2 saturated heterocycles. The summed E-state index contributed by atoms with van der Waals surface area (Å²) in [5.74, 6) is -0.287. The Morgan fingerprint density at radius 2 is 1.91 bits per heavy atom. The minimum absolute atomic E-state index is 0.0145. The molecule has 35 heavy (non-hydrogen) atoms. The van der Waals surface area contributed by atoms with E-state index in [0.29, 0.717) is 21.4 Å². The van der Waals surface area contributed by atoms with Crippen molar-refractivity contribution >= 4 is 51.5 Å². The number of nitrogens with one attached hydrogen (secondary N) is 1. The Morgan fingerprint density at radius 3 is 2.66 bits per heavy atom. The third-order valence-corrected chi connectivity index (χ3v) is 7.28. The fourth-order valence-corrected chi connectivity index (χ4v) is 5.52. The quantitative estimate of drug-likeness (QED) is 0.457. The zero-order valence-electron chi connectivity index (χ0n) is 18.3. The number of carbonyl (C=O) groups excluding carboxylic acids is 2. The first-order valence-corrected chi connectivity index (χ1v) is 12.2. The van der Waals surface area contributed by atoms with Crippen LogP contribution in [0.1, 0.15) is 29.5 Å². The van der Waals surface area contributed by atoms with Crippen LogP contribution in [0.4, 0.5) is 18.0 Å². The molecule has 2 aliphatic heterocycles. The minimum atomic E-state index is -4.53. The van der Waals surface area contributed by atoms with Gasteiger partial charge < -0.3 is 5.32 Å². The first kappa shape index (κ1) is 23.9. The highest BCUT2D eigenvalue weighted by Crippen LogP contribution is 2.36. The smallest absolute Gasteiger partial charge is 0.317 e. The van der Waals surface area contributed by atoms with Crippen molar-refractivity contribution in [3.05, 3.63) is 69.2 Å². The van der Waals surface area contributed by atoms with E-state index in [2.05, 4.69) is 10.4 Å². The van der Waals surface area contributed by atoms with E-state index < -0.39 is 11.7 Å². The molecule has 2 aromatic carbocycles. The molecule has 0 atom stereocenters. The van der Waals surface area contributed by atoms with E-state index >= 15 is 0 Å². The Hall–Kier alpha value is -2.82. The number of amides is 2. The monoisotopic (exact) mass is 520 g/mol. The third-order valence-electron chi connectivity index (χ3n) is 6.16. The van der Waals surface area contributed by atoms with E-state index in [9.17, 15) is 22.8 Å². The first-order valence-electron chi connectivity index (χ1n) is 11.0. The average molecular weight is 521 g/mol.